The van der Waals surface area contributed by atoms with Crippen molar-refractivity contribution in [1.29, 1.82) is 0 Å². The van der Waals surface area contributed by atoms with Gasteiger partial charge in [-0.2, -0.15) is 0 Å². The second-order valence-electron chi connectivity index (χ2n) is 3.62. The van der Waals surface area contributed by atoms with Gasteiger partial charge >= 0.3 is 0 Å². The summed E-state index contributed by atoms with van der Waals surface area (Å²) in [5, 5.41) is 3.74. The van der Waals surface area contributed by atoms with Crippen LogP contribution < -0.4 is 0 Å². The number of hydrogen-bond acceptors (Lipinski definition) is 1. The Bertz CT molecular complexity index is 605. The Morgan fingerprint density at radius 1 is 0.929 bits per heavy atom. The number of fused-ring (bicyclic) bond motifs is 3. The molecule has 1 nitrogen and oxygen atoms in total. The van der Waals surface area contributed by atoms with Crippen LogP contribution in [-0.2, 0) is 0 Å². The van der Waals surface area contributed by atoms with Gasteiger partial charge in [0, 0.05) is 5.39 Å². The van der Waals surface area contributed by atoms with Crippen LogP contribution in [0.2, 0.25) is 0 Å². The Balaban J connectivity index is 2.60. The third-order valence-electron chi connectivity index (χ3n) is 2.61. The van der Waals surface area contributed by atoms with Crippen LogP contribution in [-0.4, -0.2) is 0 Å². The van der Waals surface area contributed by atoms with E-state index in [0.717, 1.165) is 5.58 Å². The summed E-state index contributed by atoms with van der Waals surface area (Å²) in [6.45, 7) is 2.11. The zero-order chi connectivity index (χ0) is 9.54. The van der Waals surface area contributed by atoms with E-state index in [4.69, 9.17) is 4.42 Å². The maximum atomic E-state index is 5.37. The number of hydrogen-bond donors (Lipinski definition) is 0. The van der Waals surface area contributed by atoms with Gasteiger partial charge in [-0.25, -0.2) is 0 Å². The zero-order valence-corrected chi connectivity index (χ0v) is 7.95. The highest BCUT2D eigenvalue weighted by atomic mass is 16.3. The van der Waals surface area contributed by atoms with E-state index in [1.165, 1.54) is 21.7 Å². The summed E-state index contributed by atoms with van der Waals surface area (Å²) < 4.78 is 5.37. The van der Waals surface area contributed by atoms with Crippen molar-refractivity contribution >= 4 is 21.7 Å². The van der Waals surface area contributed by atoms with Crippen molar-refractivity contribution in [2.24, 2.45) is 0 Å². The van der Waals surface area contributed by atoms with E-state index >= 15 is 0 Å². The van der Waals surface area contributed by atoms with Crippen LogP contribution in [0.4, 0.5) is 0 Å². The molecular formula is C13H10O. The Morgan fingerprint density at radius 3 is 2.71 bits per heavy atom. The van der Waals surface area contributed by atoms with E-state index in [0.29, 0.717) is 0 Å². The molecule has 0 saturated carbocycles. The zero-order valence-electron chi connectivity index (χ0n) is 7.95. The van der Waals surface area contributed by atoms with Gasteiger partial charge in [-0.15, -0.1) is 0 Å². The predicted molar refractivity (Wildman–Crippen MR) is 58.5 cm³/mol. The van der Waals surface area contributed by atoms with Crippen LogP contribution in [0.5, 0.6) is 0 Å². The number of furan rings is 1. The SMILES string of the molecule is Cc1ccc2ccc3occc3c2c1. The molecule has 3 rings (SSSR count). The van der Waals surface area contributed by atoms with Crippen LogP contribution in [0.25, 0.3) is 21.7 Å². The van der Waals surface area contributed by atoms with Gasteiger partial charge in [-0.05, 0) is 29.8 Å². The fourth-order valence-electron chi connectivity index (χ4n) is 1.89. The average Bonchev–Trinajstić information content (AvgIpc) is 2.65. The molecule has 0 radical (unpaired) electrons. The van der Waals surface area contributed by atoms with Crippen molar-refractivity contribution in [3.05, 3.63) is 48.2 Å². The molecule has 0 saturated heterocycles. The monoisotopic (exact) mass is 182 g/mol. The summed E-state index contributed by atoms with van der Waals surface area (Å²) in [7, 11) is 0. The first kappa shape index (κ1) is 7.63. The molecule has 1 aromatic heterocycles. The van der Waals surface area contributed by atoms with Crippen molar-refractivity contribution in [2.45, 2.75) is 6.92 Å². The average molecular weight is 182 g/mol. The molecule has 0 aliphatic heterocycles. The normalized spacial score (nSPS) is 11.2. The first-order valence-corrected chi connectivity index (χ1v) is 4.71. The molecule has 2 aromatic carbocycles. The van der Waals surface area contributed by atoms with Gasteiger partial charge in [-0.3, -0.25) is 0 Å². The Kier molecular flexibility index (Phi) is 1.42. The molecule has 0 amide bonds. The summed E-state index contributed by atoms with van der Waals surface area (Å²) >= 11 is 0. The lowest BCUT2D eigenvalue weighted by molar-refractivity contribution is 0.616. The van der Waals surface area contributed by atoms with Gasteiger partial charge in [0.1, 0.15) is 5.58 Å². The van der Waals surface area contributed by atoms with E-state index < -0.39 is 0 Å². The van der Waals surface area contributed by atoms with Crippen molar-refractivity contribution in [3.63, 3.8) is 0 Å². The standard InChI is InChI=1S/C13H10O/c1-9-2-3-10-4-5-13-11(6-7-14-13)12(10)8-9/h2-8H,1H3. The minimum absolute atomic E-state index is 0.961. The highest BCUT2D eigenvalue weighted by molar-refractivity contribution is 6.05. The molecule has 0 N–H and O–H groups in total. The molecule has 1 heterocycles. The van der Waals surface area contributed by atoms with Crippen molar-refractivity contribution in [3.8, 4) is 0 Å². The molecule has 68 valence electrons. The molecule has 0 spiro atoms. The minimum Gasteiger partial charge on any atom is -0.464 e. The highest BCUT2D eigenvalue weighted by Gasteiger charge is 2.01. The first-order chi connectivity index (χ1) is 6.84. The molecule has 0 atom stereocenters. The number of benzene rings is 2. The fraction of sp³-hybridized carbons (Fsp3) is 0.0769. The third-order valence-corrected chi connectivity index (χ3v) is 2.61. The van der Waals surface area contributed by atoms with E-state index in [2.05, 4.69) is 31.2 Å². The molecule has 0 aliphatic rings. The lowest BCUT2D eigenvalue weighted by Gasteiger charge is -1.99. The topological polar surface area (TPSA) is 13.1 Å². The second-order valence-corrected chi connectivity index (χ2v) is 3.62. The quantitative estimate of drug-likeness (QED) is 0.514. The molecule has 0 fully saturated rings. The maximum absolute atomic E-state index is 5.37. The molecule has 0 unspecified atom stereocenters. The van der Waals surface area contributed by atoms with E-state index in [-0.39, 0.29) is 0 Å². The van der Waals surface area contributed by atoms with Gasteiger partial charge in [0.05, 0.1) is 6.26 Å². The van der Waals surface area contributed by atoms with E-state index in [9.17, 15) is 0 Å². The molecule has 14 heavy (non-hydrogen) atoms. The number of rotatable bonds is 0. The molecule has 1 heteroatoms. The van der Waals surface area contributed by atoms with Crippen LogP contribution >= 0.6 is 0 Å². The Hall–Kier alpha value is -1.76. The predicted octanol–water partition coefficient (Wildman–Crippen LogP) is 3.89. The van der Waals surface area contributed by atoms with E-state index in [1.807, 2.05) is 12.1 Å². The first-order valence-electron chi connectivity index (χ1n) is 4.71. The smallest absolute Gasteiger partial charge is 0.134 e. The summed E-state index contributed by atoms with van der Waals surface area (Å²) in [6, 6.07) is 12.6. The summed E-state index contributed by atoms with van der Waals surface area (Å²) in [5.41, 5.74) is 2.24. The van der Waals surface area contributed by atoms with Gasteiger partial charge < -0.3 is 4.42 Å². The Morgan fingerprint density at radius 2 is 1.79 bits per heavy atom. The number of aryl methyl sites for hydroxylation is 1. The summed E-state index contributed by atoms with van der Waals surface area (Å²) in [6.07, 6.45) is 1.74. The van der Waals surface area contributed by atoms with Gasteiger partial charge in [-0.1, -0.05) is 29.8 Å². The minimum atomic E-state index is 0.961. The van der Waals surface area contributed by atoms with Gasteiger partial charge in [0.25, 0.3) is 0 Å². The molecule has 0 aliphatic carbocycles. The van der Waals surface area contributed by atoms with Crippen molar-refractivity contribution in [1.82, 2.24) is 0 Å². The van der Waals surface area contributed by atoms with E-state index in [1.54, 1.807) is 6.26 Å². The van der Waals surface area contributed by atoms with Crippen LogP contribution in [0.1, 0.15) is 5.56 Å². The van der Waals surface area contributed by atoms with Crippen LogP contribution in [0.3, 0.4) is 0 Å². The fourth-order valence-corrected chi connectivity index (χ4v) is 1.89. The highest BCUT2D eigenvalue weighted by Crippen LogP contribution is 2.26. The summed E-state index contributed by atoms with van der Waals surface area (Å²) in [5.74, 6) is 0. The lowest BCUT2D eigenvalue weighted by atomic mass is 10.0. The lowest BCUT2D eigenvalue weighted by Crippen LogP contribution is -1.75. The van der Waals surface area contributed by atoms with Gasteiger partial charge in [0.15, 0.2) is 0 Å². The molecular weight excluding hydrogens is 172 g/mol. The largest absolute Gasteiger partial charge is 0.464 e. The molecule has 3 aromatic rings. The van der Waals surface area contributed by atoms with Crippen molar-refractivity contribution in [2.75, 3.05) is 0 Å². The summed E-state index contributed by atoms with van der Waals surface area (Å²) in [4.78, 5) is 0. The van der Waals surface area contributed by atoms with Crippen LogP contribution in [0.15, 0.2) is 47.1 Å². The maximum Gasteiger partial charge on any atom is 0.134 e. The molecule has 0 bridgehead atoms. The Labute approximate surface area is 82.0 Å². The van der Waals surface area contributed by atoms with Crippen molar-refractivity contribution < 1.29 is 4.42 Å². The third kappa shape index (κ3) is 0.956. The van der Waals surface area contributed by atoms with Gasteiger partial charge in [0.2, 0.25) is 0 Å². The second kappa shape index (κ2) is 2.61. The van der Waals surface area contributed by atoms with Crippen LogP contribution in [0, 0.1) is 6.92 Å².